The van der Waals surface area contributed by atoms with Gasteiger partial charge in [0.15, 0.2) is 5.82 Å². The molecule has 0 radical (unpaired) electrons. The van der Waals surface area contributed by atoms with Gasteiger partial charge < -0.3 is 11.1 Å². The molecule has 0 bridgehead atoms. The highest BCUT2D eigenvalue weighted by atomic mass is 15.4. The smallest absolute Gasteiger partial charge is 0.165 e. The van der Waals surface area contributed by atoms with Crippen molar-refractivity contribution in [1.29, 1.82) is 0 Å². The number of hydrogen-bond donors (Lipinski definition) is 2. The summed E-state index contributed by atoms with van der Waals surface area (Å²) in [5.41, 5.74) is 5.48. The molecule has 2 rings (SSSR count). The Labute approximate surface area is 70.9 Å². The van der Waals surface area contributed by atoms with E-state index in [0.717, 1.165) is 25.9 Å². The molecule has 0 aliphatic carbocycles. The minimum atomic E-state index is 0.482. The molecule has 0 atom stereocenters. The molecule has 0 saturated carbocycles. The summed E-state index contributed by atoms with van der Waals surface area (Å²) in [6, 6.07) is 0.482. The molecule has 66 valence electrons. The summed E-state index contributed by atoms with van der Waals surface area (Å²) < 4.78 is 1.87. The number of aromatic nitrogens is 3. The van der Waals surface area contributed by atoms with Gasteiger partial charge in [-0.25, -0.2) is 4.68 Å². The highest BCUT2D eigenvalue weighted by Crippen LogP contribution is 2.17. The lowest BCUT2D eigenvalue weighted by atomic mass is 10.1. The van der Waals surface area contributed by atoms with Crippen molar-refractivity contribution in [3.05, 3.63) is 6.20 Å². The number of nitrogens with zero attached hydrogens (tertiary/aromatic N) is 3. The van der Waals surface area contributed by atoms with Crippen LogP contribution in [0.25, 0.3) is 0 Å². The lowest BCUT2D eigenvalue weighted by molar-refractivity contribution is 0.337. The average molecular weight is 167 g/mol. The first-order valence-corrected chi connectivity index (χ1v) is 4.24. The van der Waals surface area contributed by atoms with E-state index in [1.807, 2.05) is 4.68 Å². The summed E-state index contributed by atoms with van der Waals surface area (Å²) >= 11 is 0. The van der Waals surface area contributed by atoms with Crippen molar-refractivity contribution in [3.63, 3.8) is 0 Å². The number of rotatable bonds is 1. The molecule has 1 fully saturated rings. The van der Waals surface area contributed by atoms with Crippen molar-refractivity contribution in [1.82, 2.24) is 20.3 Å². The highest BCUT2D eigenvalue weighted by molar-refractivity contribution is 5.20. The molecule has 0 aromatic carbocycles. The average Bonchev–Trinajstić information content (AvgIpc) is 2.54. The van der Waals surface area contributed by atoms with E-state index in [2.05, 4.69) is 15.6 Å². The van der Waals surface area contributed by atoms with Crippen molar-refractivity contribution in [2.24, 2.45) is 0 Å². The van der Waals surface area contributed by atoms with Gasteiger partial charge >= 0.3 is 0 Å². The minimum Gasteiger partial charge on any atom is -0.381 e. The van der Waals surface area contributed by atoms with E-state index in [0.29, 0.717) is 11.9 Å². The van der Waals surface area contributed by atoms with Gasteiger partial charge in [-0.05, 0) is 25.9 Å². The van der Waals surface area contributed by atoms with E-state index in [9.17, 15) is 0 Å². The molecule has 1 saturated heterocycles. The van der Waals surface area contributed by atoms with E-state index in [1.54, 1.807) is 6.20 Å². The maximum atomic E-state index is 5.48. The Morgan fingerprint density at radius 1 is 1.50 bits per heavy atom. The van der Waals surface area contributed by atoms with Crippen molar-refractivity contribution >= 4 is 5.82 Å². The molecular weight excluding hydrogens is 154 g/mol. The second-order valence-corrected chi connectivity index (χ2v) is 3.10. The number of nitrogens with one attached hydrogen (secondary N) is 1. The van der Waals surface area contributed by atoms with Gasteiger partial charge in [-0.2, -0.15) is 0 Å². The van der Waals surface area contributed by atoms with Crippen LogP contribution in [0.4, 0.5) is 5.82 Å². The van der Waals surface area contributed by atoms with Gasteiger partial charge in [0.25, 0.3) is 0 Å². The first kappa shape index (κ1) is 7.54. The zero-order chi connectivity index (χ0) is 8.39. The van der Waals surface area contributed by atoms with Gasteiger partial charge in [0, 0.05) is 0 Å². The number of anilines is 1. The molecule has 1 aromatic heterocycles. The molecule has 1 aliphatic heterocycles. The molecule has 3 N–H and O–H groups in total. The Morgan fingerprint density at radius 2 is 2.25 bits per heavy atom. The van der Waals surface area contributed by atoms with E-state index in [1.165, 1.54) is 0 Å². The van der Waals surface area contributed by atoms with Crippen LogP contribution in [0.3, 0.4) is 0 Å². The van der Waals surface area contributed by atoms with E-state index < -0.39 is 0 Å². The summed E-state index contributed by atoms with van der Waals surface area (Å²) in [6.07, 6.45) is 4.03. The fourth-order valence-electron chi connectivity index (χ4n) is 1.54. The van der Waals surface area contributed by atoms with Crippen LogP contribution in [-0.4, -0.2) is 28.1 Å². The van der Waals surface area contributed by atoms with Gasteiger partial charge in [-0.1, -0.05) is 5.21 Å². The number of nitrogens with two attached hydrogens (primary N) is 1. The SMILES string of the molecule is Nc1cn(C2CCNCC2)nn1. The topological polar surface area (TPSA) is 68.8 Å². The predicted molar refractivity (Wildman–Crippen MR) is 45.6 cm³/mol. The summed E-state index contributed by atoms with van der Waals surface area (Å²) in [4.78, 5) is 0. The van der Waals surface area contributed by atoms with Crippen LogP contribution < -0.4 is 11.1 Å². The van der Waals surface area contributed by atoms with Gasteiger partial charge in [0.2, 0.25) is 0 Å². The van der Waals surface area contributed by atoms with Crippen LogP contribution in [0.5, 0.6) is 0 Å². The quantitative estimate of drug-likeness (QED) is 0.607. The third-order valence-electron chi connectivity index (χ3n) is 2.21. The summed E-state index contributed by atoms with van der Waals surface area (Å²) in [6.45, 7) is 2.12. The van der Waals surface area contributed by atoms with Crippen molar-refractivity contribution < 1.29 is 0 Å². The molecule has 0 spiro atoms. The predicted octanol–water partition coefficient (Wildman–Crippen LogP) is -0.215. The van der Waals surface area contributed by atoms with Crippen LogP contribution in [0.15, 0.2) is 6.20 Å². The summed E-state index contributed by atoms with van der Waals surface area (Å²) in [5.74, 6) is 0.508. The van der Waals surface area contributed by atoms with Gasteiger partial charge in [-0.15, -0.1) is 5.10 Å². The molecule has 1 aromatic rings. The summed E-state index contributed by atoms with van der Waals surface area (Å²) in [5, 5.41) is 11.0. The Morgan fingerprint density at radius 3 is 2.83 bits per heavy atom. The maximum absolute atomic E-state index is 5.48. The van der Waals surface area contributed by atoms with E-state index >= 15 is 0 Å². The monoisotopic (exact) mass is 167 g/mol. The second kappa shape index (κ2) is 3.10. The van der Waals surface area contributed by atoms with Gasteiger partial charge in [0.05, 0.1) is 12.2 Å². The van der Waals surface area contributed by atoms with Crippen LogP contribution in [0, 0.1) is 0 Å². The zero-order valence-corrected chi connectivity index (χ0v) is 6.90. The standard InChI is InChI=1S/C7H13N5/c8-7-5-12(11-10-7)6-1-3-9-4-2-6/h5-6,9H,1-4,8H2. The van der Waals surface area contributed by atoms with Crippen LogP contribution >= 0.6 is 0 Å². The first-order chi connectivity index (χ1) is 5.86. The second-order valence-electron chi connectivity index (χ2n) is 3.10. The van der Waals surface area contributed by atoms with Crippen molar-refractivity contribution in [2.45, 2.75) is 18.9 Å². The molecule has 0 amide bonds. The van der Waals surface area contributed by atoms with E-state index in [4.69, 9.17) is 5.73 Å². The maximum Gasteiger partial charge on any atom is 0.165 e. The number of hydrogen-bond acceptors (Lipinski definition) is 4. The highest BCUT2D eigenvalue weighted by Gasteiger charge is 2.15. The Balaban J connectivity index is 2.08. The molecule has 12 heavy (non-hydrogen) atoms. The molecular formula is C7H13N5. The lowest BCUT2D eigenvalue weighted by Crippen LogP contribution is -2.29. The third-order valence-corrected chi connectivity index (χ3v) is 2.21. The molecule has 5 heteroatoms. The molecule has 1 aliphatic rings. The van der Waals surface area contributed by atoms with Gasteiger partial charge in [0.1, 0.15) is 0 Å². The minimum absolute atomic E-state index is 0.482. The zero-order valence-electron chi connectivity index (χ0n) is 6.90. The Bertz CT molecular complexity index is 250. The number of nitrogen functional groups attached to an aromatic ring is 1. The third kappa shape index (κ3) is 1.40. The molecule has 0 unspecified atom stereocenters. The van der Waals surface area contributed by atoms with Crippen molar-refractivity contribution in [2.75, 3.05) is 18.8 Å². The van der Waals surface area contributed by atoms with Gasteiger partial charge in [-0.3, -0.25) is 0 Å². The van der Waals surface area contributed by atoms with Crippen LogP contribution in [0.1, 0.15) is 18.9 Å². The lowest BCUT2D eigenvalue weighted by Gasteiger charge is -2.21. The Hall–Kier alpha value is -1.10. The number of piperidine rings is 1. The molecule has 2 heterocycles. The van der Waals surface area contributed by atoms with Crippen LogP contribution in [0.2, 0.25) is 0 Å². The van der Waals surface area contributed by atoms with Crippen molar-refractivity contribution in [3.8, 4) is 0 Å². The first-order valence-electron chi connectivity index (χ1n) is 4.24. The summed E-state index contributed by atoms with van der Waals surface area (Å²) in [7, 11) is 0. The fourth-order valence-corrected chi connectivity index (χ4v) is 1.54. The molecule has 5 nitrogen and oxygen atoms in total. The normalized spacial score (nSPS) is 19.7. The Kier molecular flexibility index (Phi) is 1.95. The van der Waals surface area contributed by atoms with Crippen LogP contribution in [-0.2, 0) is 0 Å². The fraction of sp³-hybridized carbons (Fsp3) is 0.714. The largest absolute Gasteiger partial charge is 0.381 e. The van der Waals surface area contributed by atoms with E-state index in [-0.39, 0.29) is 0 Å².